The average Bonchev–Trinajstić information content (AvgIpc) is 2.72. The second kappa shape index (κ2) is 4.09. The number of rotatable bonds is 2. The standard InChI is InChI=1S/C15H17N3/c1-4-10(2)12-5-6-13-15(17-12)11-7-8-16-9-14(11)18(13)3/h5-10H,4H2,1-3H3. The summed E-state index contributed by atoms with van der Waals surface area (Å²) < 4.78 is 2.16. The maximum Gasteiger partial charge on any atom is 0.0964 e. The molecule has 18 heavy (non-hydrogen) atoms. The summed E-state index contributed by atoms with van der Waals surface area (Å²) in [5.74, 6) is 0.506. The molecule has 3 heterocycles. The Hall–Kier alpha value is -1.90. The van der Waals surface area contributed by atoms with E-state index in [1.54, 1.807) is 0 Å². The Kier molecular flexibility index (Phi) is 2.54. The summed E-state index contributed by atoms with van der Waals surface area (Å²) in [6.07, 6.45) is 4.85. The second-order valence-corrected chi connectivity index (χ2v) is 4.86. The summed E-state index contributed by atoms with van der Waals surface area (Å²) in [7, 11) is 2.07. The molecule has 0 saturated carbocycles. The molecule has 0 aliphatic rings. The molecule has 0 aliphatic carbocycles. The van der Waals surface area contributed by atoms with Gasteiger partial charge in [0, 0.05) is 24.3 Å². The van der Waals surface area contributed by atoms with Crippen LogP contribution >= 0.6 is 0 Å². The van der Waals surface area contributed by atoms with Crippen LogP contribution in [0.15, 0.2) is 30.6 Å². The van der Waals surface area contributed by atoms with Crippen molar-refractivity contribution in [2.24, 2.45) is 7.05 Å². The Morgan fingerprint density at radius 3 is 2.83 bits per heavy atom. The Morgan fingerprint density at radius 1 is 1.22 bits per heavy atom. The molecule has 1 unspecified atom stereocenters. The van der Waals surface area contributed by atoms with Crippen LogP contribution in [0.2, 0.25) is 0 Å². The average molecular weight is 239 g/mol. The van der Waals surface area contributed by atoms with Crippen molar-refractivity contribution in [3.8, 4) is 0 Å². The van der Waals surface area contributed by atoms with Crippen LogP contribution in [0.3, 0.4) is 0 Å². The van der Waals surface area contributed by atoms with Crippen molar-refractivity contribution in [2.75, 3.05) is 0 Å². The van der Waals surface area contributed by atoms with E-state index < -0.39 is 0 Å². The van der Waals surface area contributed by atoms with E-state index in [1.807, 2.05) is 18.5 Å². The first-order valence-corrected chi connectivity index (χ1v) is 6.41. The zero-order chi connectivity index (χ0) is 12.7. The van der Waals surface area contributed by atoms with Gasteiger partial charge in [-0.05, 0) is 30.5 Å². The molecule has 3 heteroatoms. The monoisotopic (exact) mass is 239 g/mol. The van der Waals surface area contributed by atoms with Gasteiger partial charge in [-0.25, -0.2) is 0 Å². The van der Waals surface area contributed by atoms with E-state index in [0.717, 1.165) is 17.5 Å². The topological polar surface area (TPSA) is 30.7 Å². The summed E-state index contributed by atoms with van der Waals surface area (Å²) in [5.41, 5.74) is 4.58. The minimum absolute atomic E-state index is 0.506. The minimum atomic E-state index is 0.506. The van der Waals surface area contributed by atoms with Crippen molar-refractivity contribution in [1.82, 2.24) is 14.5 Å². The number of aryl methyl sites for hydroxylation is 1. The Bertz CT molecular complexity index is 712. The van der Waals surface area contributed by atoms with Crippen LogP contribution < -0.4 is 0 Å². The lowest BCUT2D eigenvalue weighted by Gasteiger charge is -2.07. The Labute approximate surface area is 106 Å². The van der Waals surface area contributed by atoms with Crippen molar-refractivity contribution < 1.29 is 0 Å². The van der Waals surface area contributed by atoms with Crippen molar-refractivity contribution in [3.05, 3.63) is 36.3 Å². The molecule has 92 valence electrons. The summed E-state index contributed by atoms with van der Waals surface area (Å²) >= 11 is 0. The van der Waals surface area contributed by atoms with Gasteiger partial charge in [-0.2, -0.15) is 0 Å². The molecule has 0 radical (unpaired) electrons. The van der Waals surface area contributed by atoms with Gasteiger partial charge < -0.3 is 4.57 Å². The van der Waals surface area contributed by atoms with Crippen molar-refractivity contribution in [3.63, 3.8) is 0 Å². The molecule has 0 bridgehead atoms. The van der Waals surface area contributed by atoms with E-state index in [9.17, 15) is 0 Å². The number of fused-ring (bicyclic) bond motifs is 3. The SMILES string of the molecule is CCC(C)c1ccc2c(n1)c1ccncc1n2C. The highest BCUT2D eigenvalue weighted by Crippen LogP contribution is 2.28. The molecule has 1 atom stereocenters. The first-order chi connectivity index (χ1) is 8.72. The molecular formula is C15H17N3. The summed E-state index contributed by atoms with van der Waals surface area (Å²) in [6, 6.07) is 6.36. The highest BCUT2D eigenvalue weighted by molar-refractivity contribution is 6.05. The van der Waals surface area contributed by atoms with Crippen LogP contribution in [0, 0.1) is 0 Å². The normalized spacial score (nSPS) is 13.3. The molecule has 3 rings (SSSR count). The van der Waals surface area contributed by atoms with Gasteiger partial charge in [0.25, 0.3) is 0 Å². The van der Waals surface area contributed by atoms with Crippen LogP contribution in [0.25, 0.3) is 21.9 Å². The fourth-order valence-electron chi connectivity index (χ4n) is 2.40. The zero-order valence-corrected chi connectivity index (χ0v) is 11.0. The number of pyridine rings is 2. The molecule has 0 aliphatic heterocycles. The highest BCUT2D eigenvalue weighted by Gasteiger charge is 2.11. The molecular weight excluding hydrogens is 222 g/mol. The predicted octanol–water partition coefficient (Wildman–Crippen LogP) is 3.64. The molecule has 0 N–H and O–H groups in total. The van der Waals surface area contributed by atoms with Crippen molar-refractivity contribution in [1.29, 1.82) is 0 Å². The lowest BCUT2D eigenvalue weighted by atomic mass is 10.0. The molecule has 3 nitrogen and oxygen atoms in total. The van der Waals surface area contributed by atoms with Crippen LogP contribution in [0.5, 0.6) is 0 Å². The van der Waals surface area contributed by atoms with Crippen molar-refractivity contribution in [2.45, 2.75) is 26.2 Å². The summed E-state index contributed by atoms with van der Waals surface area (Å²) in [6.45, 7) is 4.42. The molecule has 3 aromatic rings. The van der Waals surface area contributed by atoms with Gasteiger partial charge in [-0.3, -0.25) is 9.97 Å². The van der Waals surface area contributed by atoms with E-state index >= 15 is 0 Å². The van der Waals surface area contributed by atoms with Crippen LogP contribution in [-0.4, -0.2) is 14.5 Å². The third kappa shape index (κ3) is 1.50. The minimum Gasteiger partial charge on any atom is -0.341 e. The second-order valence-electron chi connectivity index (χ2n) is 4.86. The van der Waals surface area contributed by atoms with Crippen LogP contribution in [0.1, 0.15) is 31.9 Å². The van der Waals surface area contributed by atoms with Gasteiger partial charge in [-0.15, -0.1) is 0 Å². The number of aromatic nitrogens is 3. The number of nitrogens with zero attached hydrogens (tertiary/aromatic N) is 3. The third-order valence-electron chi connectivity index (χ3n) is 3.79. The maximum atomic E-state index is 4.85. The largest absolute Gasteiger partial charge is 0.341 e. The summed E-state index contributed by atoms with van der Waals surface area (Å²) in [4.78, 5) is 9.04. The first kappa shape index (κ1) is 11.2. The lowest BCUT2D eigenvalue weighted by Crippen LogP contribution is -1.95. The molecule has 0 spiro atoms. The molecule has 3 aromatic heterocycles. The van der Waals surface area contributed by atoms with E-state index in [1.165, 1.54) is 16.6 Å². The molecule has 0 amide bonds. The van der Waals surface area contributed by atoms with Gasteiger partial charge in [0.1, 0.15) is 0 Å². The fraction of sp³-hybridized carbons (Fsp3) is 0.333. The molecule has 0 saturated heterocycles. The van der Waals surface area contributed by atoms with Gasteiger partial charge >= 0.3 is 0 Å². The van der Waals surface area contributed by atoms with E-state index in [4.69, 9.17) is 4.98 Å². The number of hydrogen-bond donors (Lipinski definition) is 0. The van der Waals surface area contributed by atoms with E-state index in [0.29, 0.717) is 5.92 Å². The zero-order valence-electron chi connectivity index (χ0n) is 11.0. The quantitative estimate of drug-likeness (QED) is 0.683. The predicted molar refractivity (Wildman–Crippen MR) is 74.7 cm³/mol. The lowest BCUT2D eigenvalue weighted by molar-refractivity contribution is 0.712. The Morgan fingerprint density at radius 2 is 2.06 bits per heavy atom. The highest BCUT2D eigenvalue weighted by atomic mass is 15.0. The smallest absolute Gasteiger partial charge is 0.0964 e. The summed E-state index contributed by atoms with van der Waals surface area (Å²) in [5, 5.41) is 1.19. The van der Waals surface area contributed by atoms with E-state index in [-0.39, 0.29) is 0 Å². The van der Waals surface area contributed by atoms with Gasteiger partial charge in [0.05, 0.1) is 22.7 Å². The maximum absolute atomic E-state index is 4.85. The van der Waals surface area contributed by atoms with Crippen LogP contribution in [-0.2, 0) is 7.05 Å². The first-order valence-electron chi connectivity index (χ1n) is 6.41. The Balaban J connectivity index is 2.36. The van der Waals surface area contributed by atoms with E-state index in [2.05, 4.69) is 42.6 Å². The molecule has 0 aromatic carbocycles. The third-order valence-corrected chi connectivity index (χ3v) is 3.79. The van der Waals surface area contributed by atoms with Gasteiger partial charge in [0.2, 0.25) is 0 Å². The molecule has 0 fully saturated rings. The van der Waals surface area contributed by atoms with Crippen LogP contribution in [0.4, 0.5) is 0 Å². The van der Waals surface area contributed by atoms with Gasteiger partial charge in [0.15, 0.2) is 0 Å². The van der Waals surface area contributed by atoms with Gasteiger partial charge in [-0.1, -0.05) is 13.8 Å². The van der Waals surface area contributed by atoms with Crippen molar-refractivity contribution >= 4 is 21.9 Å². The fourth-order valence-corrected chi connectivity index (χ4v) is 2.40. The number of hydrogen-bond acceptors (Lipinski definition) is 2.